The van der Waals surface area contributed by atoms with Crippen LogP contribution < -0.4 is 5.32 Å². The number of aliphatic hydroxyl groups excluding tert-OH is 1. The third-order valence-electron chi connectivity index (χ3n) is 5.32. The normalized spacial score (nSPS) is 10.9. The zero-order valence-electron chi connectivity index (χ0n) is 18.1. The van der Waals surface area contributed by atoms with Crippen molar-refractivity contribution in [3.05, 3.63) is 99.6 Å². The van der Waals surface area contributed by atoms with Crippen molar-refractivity contribution in [3.8, 4) is 5.69 Å². The Hall–Kier alpha value is -3.55. The van der Waals surface area contributed by atoms with Gasteiger partial charge < -0.3 is 10.4 Å². The van der Waals surface area contributed by atoms with Crippen molar-refractivity contribution < 1.29 is 14.3 Å². The number of nitrogens with zero attached hydrogens (tertiary/aromatic N) is 3. The average Bonchev–Trinajstić information content (AvgIpc) is 3.25. The number of nitrogens with one attached hydrogen (secondary N) is 1. The lowest BCUT2D eigenvalue weighted by Crippen LogP contribution is -2.07. The Balaban J connectivity index is 1.61. The minimum absolute atomic E-state index is 0.0135. The second kappa shape index (κ2) is 9.52. The van der Waals surface area contributed by atoms with Gasteiger partial charge in [-0.3, -0.25) is 4.79 Å². The Bertz CT molecular complexity index is 1340. The van der Waals surface area contributed by atoms with E-state index in [1.807, 2.05) is 26.0 Å². The molecule has 0 saturated heterocycles. The van der Waals surface area contributed by atoms with E-state index in [2.05, 4.69) is 15.6 Å². The summed E-state index contributed by atoms with van der Waals surface area (Å²) >= 11 is 6.48. The summed E-state index contributed by atoms with van der Waals surface area (Å²) in [6, 6.07) is 15.0. The summed E-state index contributed by atoms with van der Waals surface area (Å²) in [5.74, 6) is -0.510. The molecule has 4 rings (SSSR count). The van der Waals surface area contributed by atoms with Crippen LogP contribution in [0.15, 0.2) is 60.8 Å². The first-order valence-electron chi connectivity index (χ1n) is 10.4. The van der Waals surface area contributed by atoms with Gasteiger partial charge in [-0.1, -0.05) is 22.9 Å². The zero-order valence-corrected chi connectivity index (χ0v) is 18.9. The first-order valence-corrected chi connectivity index (χ1v) is 10.7. The first-order chi connectivity index (χ1) is 15.9. The second-order valence-corrected chi connectivity index (χ2v) is 8.14. The van der Waals surface area contributed by atoms with Crippen LogP contribution in [-0.4, -0.2) is 32.5 Å². The lowest BCUT2D eigenvalue weighted by atomic mass is 9.98. The molecule has 0 atom stereocenters. The highest BCUT2D eigenvalue weighted by molar-refractivity contribution is 6.35. The van der Waals surface area contributed by atoms with Crippen LogP contribution in [0.25, 0.3) is 5.69 Å². The number of halogens is 2. The number of aromatic nitrogens is 3. The Morgan fingerprint density at radius 2 is 1.88 bits per heavy atom. The van der Waals surface area contributed by atoms with E-state index < -0.39 is 0 Å². The Morgan fingerprint density at radius 1 is 1.06 bits per heavy atom. The molecular weight excluding hydrogens is 443 g/mol. The van der Waals surface area contributed by atoms with Crippen molar-refractivity contribution in [3.63, 3.8) is 0 Å². The second-order valence-electron chi connectivity index (χ2n) is 7.74. The van der Waals surface area contributed by atoms with Crippen LogP contribution in [0.1, 0.15) is 32.7 Å². The van der Waals surface area contributed by atoms with Crippen LogP contribution in [0.3, 0.4) is 0 Å². The van der Waals surface area contributed by atoms with Crippen molar-refractivity contribution in [2.45, 2.75) is 20.3 Å². The first kappa shape index (κ1) is 22.6. The Kier molecular flexibility index (Phi) is 6.53. The molecule has 0 aliphatic heterocycles. The summed E-state index contributed by atoms with van der Waals surface area (Å²) < 4.78 is 14.9. The van der Waals surface area contributed by atoms with E-state index in [1.165, 1.54) is 12.1 Å². The molecule has 0 fully saturated rings. The largest absolute Gasteiger partial charge is 0.396 e. The van der Waals surface area contributed by atoms with E-state index in [-0.39, 0.29) is 18.2 Å². The van der Waals surface area contributed by atoms with Gasteiger partial charge in [-0.05, 0) is 73.5 Å². The van der Waals surface area contributed by atoms with Crippen molar-refractivity contribution in [1.29, 1.82) is 0 Å². The molecule has 8 heteroatoms. The summed E-state index contributed by atoms with van der Waals surface area (Å²) in [5.41, 5.74) is 5.23. The van der Waals surface area contributed by atoms with Crippen molar-refractivity contribution in [2.75, 3.05) is 11.9 Å². The number of aliphatic hydroxyl groups is 1. The van der Waals surface area contributed by atoms with E-state index >= 15 is 0 Å². The minimum atomic E-state index is -0.301. The number of hydrogen-bond acceptors (Lipinski definition) is 5. The number of ketones is 1. The van der Waals surface area contributed by atoms with Gasteiger partial charge in [0, 0.05) is 35.5 Å². The van der Waals surface area contributed by atoms with E-state index in [1.54, 1.807) is 41.2 Å². The topological polar surface area (TPSA) is 80.0 Å². The highest BCUT2D eigenvalue weighted by atomic mass is 35.5. The molecule has 168 valence electrons. The number of rotatable bonds is 7. The van der Waals surface area contributed by atoms with Crippen LogP contribution in [0.4, 0.5) is 15.8 Å². The molecule has 33 heavy (non-hydrogen) atoms. The summed E-state index contributed by atoms with van der Waals surface area (Å²) in [5, 5.41) is 20.7. The molecule has 0 saturated carbocycles. The summed E-state index contributed by atoms with van der Waals surface area (Å²) in [6.07, 6.45) is 2.13. The molecule has 0 amide bonds. The molecule has 1 aromatic heterocycles. The molecule has 0 aliphatic rings. The molecule has 0 bridgehead atoms. The molecule has 6 nitrogen and oxygen atoms in total. The van der Waals surface area contributed by atoms with E-state index in [0.717, 1.165) is 16.8 Å². The molecule has 2 N–H and O–H groups in total. The molecule has 0 aliphatic carbocycles. The van der Waals surface area contributed by atoms with Gasteiger partial charge in [0.25, 0.3) is 0 Å². The van der Waals surface area contributed by atoms with Gasteiger partial charge in [0.2, 0.25) is 0 Å². The van der Waals surface area contributed by atoms with Crippen LogP contribution in [-0.2, 0) is 6.42 Å². The van der Waals surface area contributed by atoms with Crippen LogP contribution >= 0.6 is 11.6 Å². The number of benzene rings is 3. The lowest BCUT2D eigenvalue weighted by Gasteiger charge is -2.13. The van der Waals surface area contributed by atoms with E-state index in [4.69, 9.17) is 16.7 Å². The summed E-state index contributed by atoms with van der Waals surface area (Å²) in [6.45, 7) is 3.65. The quantitative estimate of drug-likeness (QED) is 0.368. The number of aryl methyl sites for hydroxylation is 2. The fraction of sp³-hybridized carbons (Fsp3) is 0.160. The van der Waals surface area contributed by atoms with Gasteiger partial charge in [0.1, 0.15) is 5.82 Å². The van der Waals surface area contributed by atoms with Crippen LogP contribution in [0, 0.1) is 19.7 Å². The number of carbonyl (C=O) groups is 1. The molecule has 0 radical (unpaired) electrons. The predicted molar refractivity (Wildman–Crippen MR) is 126 cm³/mol. The number of hydrogen-bond donors (Lipinski definition) is 2. The summed E-state index contributed by atoms with van der Waals surface area (Å²) in [4.78, 5) is 13.3. The lowest BCUT2D eigenvalue weighted by molar-refractivity contribution is 0.103. The SMILES string of the molecule is Cc1cc(F)ccc1Nc1ccc(C(=O)c2cc(-n3cc(CCO)nn3)ccc2C)c(Cl)c1. The smallest absolute Gasteiger partial charge is 0.194 e. The highest BCUT2D eigenvalue weighted by Crippen LogP contribution is 2.28. The third kappa shape index (κ3) is 4.94. The van der Waals surface area contributed by atoms with E-state index in [0.29, 0.717) is 39.6 Å². The van der Waals surface area contributed by atoms with Gasteiger partial charge in [0.05, 0.1) is 22.6 Å². The maximum absolute atomic E-state index is 13.4. The molecule has 1 heterocycles. The van der Waals surface area contributed by atoms with Gasteiger partial charge in [-0.25, -0.2) is 9.07 Å². The molecule has 0 unspecified atom stereocenters. The van der Waals surface area contributed by atoms with Gasteiger partial charge in [-0.2, -0.15) is 0 Å². The van der Waals surface area contributed by atoms with E-state index in [9.17, 15) is 9.18 Å². The molecule has 3 aromatic carbocycles. The molecule has 4 aromatic rings. The van der Waals surface area contributed by atoms with Crippen LogP contribution in [0.2, 0.25) is 5.02 Å². The maximum Gasteiger partial charge on any atom is 0.194 e. The standard InChI is InChI=1S/C25H22ClFN4O2/c1-15-3-6-20(31-14-19(9-10-32)29-30-31)13-22(15)25(33)21-7-5-18(12-23(21)26)28-24-8-4-17(27)11-16(24)2/h3-8,11-14,28,32H,9-10H2,1-2H3. The summed E-state index contributed by atoms with van der Waals surface area (Å²) in [7, 11) is 0. The molecule has 0 spiro atoms. The molecular formula is C25H22ClFN4O2. The van der Waals surface area contributed by atoms with Crippen molar-refractivity contribution in [1.82, 2.24) is 15.0 Å². The Morgan fingerprint density at radius 3 is 2.61 bits per heavy atom. The fourth-order valence-electron chi connectivity index (χ4n) is 3.50. The van der Waals surface area contributed by atoms with Gasteiger partial charge in [-0.15, -0.1) is 5.10 Å². The number of anilines is 2. The van der Waals surface area contributed by atoms with Gasteiger partial charge >= 0.3 is 0 Å². The van der Waals surface area contributed by atoms with Gasteiger partial charge in [0.15, 0.2) is 5.78 Å². The van der Waals surface area contributed by atoms with Crippen LogP contribution in [0.5, 0.6) is 0 Å². The van der Waals surface area contributed by atoms with Crippen molar-refractivity contribution >= 4 is 28.8 Å². The Labute approximate surface area is 195 Å². The average molecular weight is 465 g/mol. The monoisotopic (exact) mass is 464 g/mol. The highest BCUT2D eigenvalue weighted by Gasteiger charge is 2.17. The number of carbonyl (C=O) groups excluding carboxylic acids is 1. The third-order valence-corrected chi connectivity index (χ3v) is 5.63. The zero-order chi connectivity index (χ0) is 23.5. The van der Waals surface area contributed by atoms with Crippen molar-refractivity contribution in [2.24, 2.45) is 0 Å². The fourth-order valence-corrected chi connectivity index (χ4v) is 3.76. The predicted octanol–water partition coefficient (Wildman–Crippen LogP) is 5.19. The maximum atomic E-state index is 13.4. The minimum Gasteiger partial charge on any atom is -0.396 e.